The van der Waals surface area contributed by atoms with Crippen LogP contribution in [0.2, 0.25) is 0 Å². The van der Waals surface area contributed by atoms with Crippen LogP contribution in [-0.2, 0) is 18.3 Å². The second-order valence-corrected chi connectivity index (χ2v) is 7.41. The summed E-state index contributed by atoms with van der Waals surface area (Å²) in [6, 6.07) is 6.21. The Balaban J connectivity index is 0.00000243. The molecule has 0 aliphatic heterocycles. The van der Waals surface area contributed by atoms with Gasteiger partial charge in [0, 0.05) is 23.8 Å². The standard InChI is InChI=1S/C19H24FN3OS.ClH/c1-23-17(12-18(24)21-16-10-8-14(20)9-11-16)13-25-19(23)22-15-6-4-2-3-5-7-15;/h8-11,13,15H,2-7,12H2,1H3,(H,21,24);1H. The molecule has 1 aromatic carbocycles. The first kappa shape index (κ1) is 20.6. The Morgan fingerprint density at radius 3 is 2.54 bits per heavy atom. The van der Waals surface area contributed by atoms with Gasteiger partial charge in [-0.25, -0.2) is 4.39 Å². The Bertz CT molecular complexity index is 777. The van der Waals surface area contributed by atoms with E-state index in [9.17, 15) is 9.18 Å². The van der Waals surface area contributed by atoms with Gasteiger partial charge in [-0.15, -0.1) is 23.7 Å². The average Bonchev–Trinajstić information content (AvgIpc) is 2.79. The fourth-order valence-corrected chi connectivity index (χ4v) is 4.09. The lowest BCUT2D eigenvalue weighted by Crippen LogP contribution is -2.21. The summed E-state index contributed by atoms with van der Waals surface area (Å²) in [5.41, 5.74) is 1.55. The third kappa shape index (κ3) is 5.68. The van der Waals surface area contributed by atoms with Crippen molar-refractivity contribution in [2.24, 2.45) is 12.0 Å². The zero-order valence-corrected chi connectivity index (χ0v) is 16.5. The molecule has 0 bridgehead atoms. The summed E-state index contributed by atoms with van der Waals surface area (Å²) in [5, 5.41) is 4.80. The van der Waals surface area contributed by atoms with Crippen molar-refractivity contribution in [2.75, 3.05) is 5.32 Å². The Hall–Kier alpha value is -1.66. The fourth-order valence-electron chi connectivity index (χ4n) is 3.12. The van der Waals surface area contributed by atoms with Gasteiger partial charge in [-0.05, 0) is 37.1 Å². The molecule has 1 N–H and O–H groups in total. The first-order valence-electron chi connectivity index (χ1n) is 8.84. The zero-order chi connectivity index (χ0) is 17.6. The molecule has 0 radical (unpaired) electrons. The molecule has 1 aliphatic carbocycles. The second-order valence-electron chi connectivity index (χ2n) is 6.57. The van der Waals surface area contributed by atoms with E-state index in [2.05, 4.69) is 5.32 Å². The normalized spacial score (nSPS) is 16.0. The number of nitrogens with zero attached hydrogens (tertiary/aromatic N) is 2. The minimum Gasteiger partial charge on any atom is -0.326 e. The number of amides is 1. The van der Waals surface area contributed by atoms with E-state index >= 15 is 0 Å². The molecule has 7 heteroatoms. The van der Waals surface area contributed by atoms with Gasteiger partial charge in [-0.2, -0.15) is 0 Å². The van der Waals surface area contributed by atoms with E-state index < -0.39 is 0 Å². The molecular weight excluding hydrogens is 373 g/mol. The summed E-state index contributed by atoms with van der Waals surface area (Å²) in [4.78, 5) is 18.1. The first-order valence-corrected chi connectivity index (χ1v) is 9.72. The molecule has 1 aromatic heterocycles. The van der Waals surface area contributed by atoms with Crippen LogP contribution in [0.1, 0.15) is 44.2 Å². The molecule has 1 amide bonds. The molecule has 1 saturated carbocycles. The fraction of sp³-hybridized carbons (Fsp3) is 0.474. The molecule has 0 spiro atoms. The highest BCUT2D eigenvalue weighted by molar-refractivity contribution is 7.07. The number of thiazole rings is 1. The molecule has 0 atom stereocenters. The summed E-state index contributed by atoms with van der Waals surface area (Å²) < 4.78 is 14.9. The van der Waals surface area contributed by atoms with Gasteiger partial charge in [0.1, 0.15) is 5.82 Å². The van der Waals surface area contributed by atoms with Crippen LogP contribution in [-0.4, -0.2) is 16.5 Å². The molecule has 1 aliphatic rings. The van der Waals surface area contributed by atoms with Crippen molar-refractivity contribution in [3.05, 3.63) is 46.0 Å². The van der Waals surface area contributed by atoms with Crippen molar-refractivity contribution in [2.45, 2.75) is 51.0 Å². The smallest absolute Gasteiger partial charge is 0.230 e. The number of hydrogen-bond donors (Lipinski definition) is 1. The Morgan fingerprint density at radius 1 is 1.23 bits per heavy atom. The summed E-state index contributed by atoms with van der Waals surface area (Å²) >= 11 is 1.59. The van der Waals surface area contributed by atoms with Gasteiger partial charge in [0.25, 0.3) is 0 Å². The molecule has 1 fully saturated rings. The van der Waals surface area contributed by atoms with Crippen LogP contribution in [0.4, 0.5) is 10.1 Å². The predicted molar refractivity (Wildman–Crippen MR) is 106 cm³/mol. The van der Waals surface area contributed by atoms with Crippen molar-refractivity contribution < 1.29 is 9.18 Å². The van der Waals surface area contributed by atoms with E-state index in [1.807, 2.05) is 17.0 Å². The number of benzene rings is 1. The van der Waals surface area contributed by atoms with Gasteiger partial charge < -0.3 is 9.88 Å². The lowest BCUT2D eigenvalue weighted by molar-refractivity contribution is -0.115. The molecule has 3 rings (SSSR count). The third-order valence-electron chi connectivity index (χ3n) is 4.61. The Labute approximate surface area is 163 Å². The van der Waals surface area contributed by atoms with E-state index in [1.54, 1.807) is 23.5 Å². The summed E-state index contributed by atoms with van der Waals surface area (Å²) in [7, 11) is 1.96. The quantitative estimate of drug-likeness (QED) is 0.761. The average molecular weight is 398 g/mol. The topological polar surface area (TPSA) is 46.4 Å². The first-order chi connectivity index (χ1) is 12.1. The van der Waals surface area contributed by atoms with E-state index in [0.717, 1.165) is 23.3 Å². The number of halogens is 2. The van der Waals surface area contributed by atoms with Gasteiger partial charge in [0.05, 0.1) is 12.5 Å². The van der Waals surface area contributed by atoms with Crippen LogP contribution in [0.15, 0.2) is 34.6 Å². The van der Waals surface area contributed by atoms with Crippen LogP contribution >= 0.6 is 23.7 Å². The SMILES string of the molecule is Cl.Cn1c(CC(=O)Nc2ccc(F)cc2)csc1=NC1CCCCCC1. The Morgan fingerprint density at radius 2 is 1.88 bits per heavy atom. The molecule has 0 saturated heterocycles. The van der Waals surface area contributed by atoms with E-state index in [4.69, 9.17) is 4.99 Å². The third-order valence-corrected chi connectivity index (χ3v) is 5.59. The lowest BCUT2D eigenvalue weighted by atomic mass is 10.1. The molecule has 142 valence electrons. The van der Waals surface area contributed by atoms with Crippen molar-refractivity contribution in [3.8, 4) is 0 Å². The molecular formula is C19H25ClFN3OS. The highest BCUT2D eigenvalue weighted by Crippen LogP contribution is 2.19. The highest BCUT2D eigenvalue weighted by atomic mass is 35.5. The number of aromatic nitrogens is 1. The van der Waals surface area contributed by atoms with Crippen LogP contribution in [0, 0.1) is 5.82 Å². The van der Waals surface area contributed by atoms with Crippen LogP contribution < -0.4 is 10.1 Å². The van der Waals surface area contributed by atoms with Gasteiger partial charge in [0.15, 0.2) is 4.80 Å². The summed E-state index contributed by atoms with van der Waals surface area (Å²) in [5.74, 6) is -0.423. The van der Waals surface area contributed by atoms with Gasteiger partial charge in [-0.1, -0.05) is 25.7 Å². The maximum Gasteiger partial charge on any atom is 0.230 e. The van der Waals surface area contributed by atoms with Gasteiger partial charge in [-0.3, -0.25) is 9.79 Å². The van der Waals surface area contributed by atoms with Gasteiger partial charge in [0.2, 0.25) is 5.91 Å². The number of carbonyl (C=O) groups is 1. The molecule has 2 aromatic rings. The molecule has 4 nitrogen and oxygen atoms in total. The summed E-state index contributed by atoms with van der Waals surface area (Å²) in [6.07, 6.45) is 7.77. The highest BCUT2D eigenvalue weighted by Gasteiger charge is 2.13. The van der Waals surface area contributed by atoms with Gasteiger partial charge >= 0.3 is 0 Å². The van der Waals surface area contributed by atoms with E-state index in [0.29, 0.717) is 11.7 Å². The zero-order valence-electron chi connectivity index (χ0n) is 14.9. The van der Waals surface area contributed by atoms with Crippen LogP contribution in [0.25, 0.3) is 0 Å². The van der Waals surface area contributed by atoms with Crippen molar-refractivity contribution >= 4 is 35.3 Å². The monoisotopic (exact) mass is 397 g/mol. The second kappa shape index (κ2) is 9.88. The van der Waals surface area contributed by atoms with Crippen molar-refractivity contribution in [3.63, 3.8) is 0 Å². The maximum atomic E-state index is 12.9. The number of carbonyl (C=O) groups excluding carboxylic acids is 1. The summed E-state index contributed by atoms with van der Waals surface area (Å²) in [6.45, 7) is 0. The van der Waals surface area contributed by atoms with Crippen LogP contribution in [0.3, 0.4) is 0 Å². The van der Waals surface area contributed by atoms with E-state index in [1.165, 1.54) is 37.8 Å². The van der Waals surface area contributed by atoms with Crippen molar-refractivity contribution in [1.29, 1.82) is 0 Å². The minimum absolute atomic E-state index is 0. The maximum absolute atomic E-state index is 12.9. The number of nitrogens with one attached hydrogen (secondary N) is 1. The van der Waals surface area contributed by atoms with Crippen molar-refractivity contribution in [1.82, 2.24) is 4.57 Å². The largest absolute Gasteiger partial charge is 0.326 e. The molecule has 26 heavy (non-hydrogen) atoms. The molecule has 1 heterocycles. The lowest BCUT2D eigenvalue weighted by Gasteiger charge is -2.08. The number of anilines is 1. The van der Waals surface area contributed by atoms with Crippen LogP contribution in [0.5, 0.6) is 0 Å². The number of hydrogen-bond acceptors (Lipinski definition) is 3. The van der Waals surface area contributed by atoms with E-state index in [-0.39, 0.29) is 30.6 Å². The predicted octanol–water partition coefficient (Wildman–Crippen LogP) is 4.45. The number of rotatable bonds is 4. The molecule has 0 unspecified atom stereocenters. The minimum atomic E-state index is -0.313. The Kier molecular flexibility index (Phi) is 7.85.